The minimum atomic E-state index is -4.85. The first kappa shape index (κ1) is 19.0. The van der Waals surface area contributed by atoms with Crippen LogP contribution in [-0.4, -0.2) is 41.0 Å². The van der Waals surface area contributed by atoms with E-state index in [0.717, 1.165) is 11.3 Å². The highest BCUT2D eigenvalue weighted by molar-refractivity contribution is 7.22. The number of carbonyl (C=O) groups excluding carboxylic acids is 2. The molecule has 27 heavy (non-hydrogen) atoms. The second-order valence-corrected chi connectivity index (χ2v) is 6.68. The quantitative estimate of drug-likeness (QED) is 0.718. The number of amides is 1. The third kappa shape index (κ3) is 3.82. The van der Waals surface area contributed by atoms with Gasteiger partial charge >= 0.3 is 6.18 Å². The third-order valence-corrected chi connectivity index (χ3v) is 4.80. The molecule has 11 heteroatoms. The van der Waals surface area contributed by atoms with Crippen molar-refractivity contribution >= 4 is 50.0 Å². The molecule has 0 saturated carbocycles. The first-order valence-electron chi connectivity index (χ1n) is 7.74. The number of carbonyl (C=O) groups is 2. The zero-order chi connectivity index (χ0) is 19.8. The molecule has 2 heterocycles. The van der Waals surface area contributed by atoms with Crippen LogP contribution in [0.5, 0.6) is 0 Å². The SMILES string of the molecule is CC(=NCCC(=O)[O-])C1C(=O)N(c2nc3ccccc3s2)N=C1C(F)(F)F. The summed E-state index contributed by atoms with van der Waals surface area (Å²) in [5, 5.41) is 14.6. The summed E-state index contributed by atoms with van der Waals surface area (Å²) in [7, 11) is 0. The Balaban J connectivity index is 1.96. The van der Waals surface area contributed by atoms with Crippen LogP contribution < -0.4 is 10.1 Å². The second-order valence-electron chi connectivity index (χ2n) is 5.68. The average molecular weight is 397 g/mol. The molecule has 0 aliphatic carbocycles. The number of para-hydroxylation sites is 1. The standard InChI is InChI=1S/C16H13F3N4O3S/c1-8(20-7-6-11(24)25)12-13(16(17,18)19)22-23(14(12)26)15-21-9-4-2-3-5-10(9)27-15/h2-5,12H,6-7H2,1H3,(H,24,25)/p-1. The highest BCUT2D eigenvalue weighted by Gasteiger charge is 2.52. The number of aromatic nitrogens is 1. The van der Waals surface area contributed by atoms with Crippen LogP contribution in [0.1, 0.15) is 13.3 Å². The molecular formula is C16H12F3N4O3S-. The zero-order valence-corrected chi connectivity index (χ0v) is 14.7. The molecule has 0 N–H and O–H groups in total. The molecule has 1 unspecified atom stereocenters. The minimum Gasteiger partial charge on any atom is -0.550 e. The Morgan fingerprint density at radius 3 is 2.70 bits per heavy atom. The maximum absolute atomic E-state index is 13.4. The molecule has 1 aliphatic heterocycles. The predicted octanol–water partition coefficient (Wildman–Crippen LogP) is 1.78. The van der Waals surface area contributed by atoms with Crippen LogP contribution in [0, 0.1) is 5.92 Å². The van der Waals surface area contributed by atoms with Crippen molar-refractivity contribution in [2.45, 2.75) is 19.5 Å². The van der Waals surface area contributed by atoms with Crippen molar-refractivity contribution in [3.05, 3.63) is 24.3 Å². The van der Waals surface area contributed by atoms with E-state index >= 15 is 0 Å². The van der Waals surface area contributed by atoms with E-state index in [-0.39, 0.29) is 17.4 Å². The second kappa shape index (κ2) is 7.06. The van der Waals surface area contributed by atoms with Crippen molar-refractivity contribution in [3.63, 3.8) is 0 Å². The van der Waals surface area contributed by atoms with E-state index in [4.69, 9.17) is 0 Å². The van der Waals surface area contributed by atoms with Gasteiger partial charge in [-0.3, -0.25) is 9.79 Å². The predicted molar refractivity (Wildman–Crippen MR) is 91.7 cm³/mol. The van der Waals surface area contributed by atoms with E-state index in [1.54, 1.807) is 24.3 Å². The number of carboxylic acid groups (broad SMARTS) is 1. The normalized spacial score (nSPS) is 18.3. The Bertz CT molecular complexity index is 934. The summed E-state index contributed by atoms with van der Waals surface area (Å²) in [6.45, 7) is 0.950. The molecular weight excluding hydrogens is 385 g/mol. The fourth-order valence-corrected chi connectivity index (χ4v) is 3.48. The van der Waals surface area contributed by atoms with Gasteiger partial charge in [-0.2, -0.15) is 23.3 Å². The van der Waals surface area contributed by atoms with Crippen LogP contribution in [0.25, 0.3) is 10.2 Å². The average Bonchev–Trinajstić information content (AvgIpc) is 3.14. The van der Waals surface area contributed by atoms with Crippen molar-refractivity contribution in [1.29, 1.82) is 0 Å². The number of benzene rings is 1. The van der Waals surface area contributed by atoms with E-state index in [9.17, 15) is 27.9 Å². The Morgan fingerprint density at radius 2 is 2.07 bits per heavy atom. The molecule has 1 amide bonds. The van der Waals surface area contributed by atoms with Crippen LogP contribution in [0.15, 0.2) is 34.4 Å². The Kier molecular flexibility index (Phi) is 4.96. The number of halogens is 3. The number of anilines is 1. The summed E-state index contributed by atoms with van der Waals surface area (Å²) in [4.78, 5) is 31.0. The fourth-order valence-electron chi connectivity index (χ4n) is 2.55. The number of carboxylic acids is 1. The van der Waals surface area contributed by atoms with E-state index in [0.29, 0.717) is 15.2 Å². The Hall–Kier alpha value is -2.82. The fraction of sp³-hybridized carbons (Fsp3) is 0.312. The maximum Gasteiger partial charge on any atom is 0.432 e. The van der Waals surface area contributed by atoms with E-state index < -0.39 is 36.1 Å². The smallest absolute Gasteiger partial charge is 0.432 e. The molecule has 142 valence electrons. The van der Waals surface area contributed by atoms with Crippen LogP contribution in [-0.2, 0) is 9.59 Å². The van der Waals surface area contributed by atoms with Crippen LogP contribution >= 0.6 is 11.3 Å². The Labute approximate surface area is 154 Å². The lowest BCUT2D eigenvalue weighted by Crippen LogP contribution is -2.37. The van der Waals surface area contributed by atoms with Gasteiger partial charge in [0.25, 0.3) is 5.91 Å². The molecule has 0 radical (unpaired) electrons. The summed E-state index contributed by atoms with van der Waals surface area (Å²) in [6, 6.07) is 6.88. The van der Waals surface area contributed by atoms with Crippen molar-refractivity contribution in [1.82, 2.24) is 4.98 Å². The number of hydrogen-bond acceptors (Lipinski definition) is 7. The third-order valence-electron chi connectivity index (χ3n) is 3.79. The van der Waals surface area contributed by atoms with Gasteiger partial charge in [0.15, 0.2) is 5.71 Å². The first-order chi connectivity index (χ1) is 12.7. The number of rotatable bonds is 5. The number of fused-ring (bicyclic) bond motifs is 1. The Morgan fingerprint density at radius 1 is 1.37 bits per heavy atom. The molecule has 7 nitrogen and oxygen atoms in total. The summed E-state index contributed by atoms with van der Waals surface area (Å²) in [5.74, 6) is -4.06. The monoisotopic (exact) mass is 397 g/mol. The van der Waals surface area contributed by atoms with E-state index in [1.165, 1.54) is 6.92 Å². The molecule has 0 spiro atoms. The summed E-state index contributed by atoms with van der Waals surface area (Å²) < 4.78 is 40.9. The molecule has 0 saturated heterocycles. The lowest BCUT2D eigenvalue weighted by molar-refractivity contribution is -0.305. The number of aliphatic carboxylic acids is 1. The number of aliphatic imine (C=N–C) groups is 1. The molecule has 1 aromatic heterocycles. The molecule has 1 aliphatic rings. The van der Waals surface area contributed by atoms with Gasteiger partial charge in [-0.05, 0) is 19.1 Å². The first-order valence-corrected chi connectivity index (χ1v) is 8.56. The van der Waals surface area contributed by atoms with Crippen LogP contribution in [0.3, 0.4) is 0 Å². The van der Waals surface area contributed by atoms with Gasteiger partial charge in [0, 0.05) is 24.6 Å². The van der Waals surface area contributed by atoms with Gasteiger partial charge < -0.3 is 9.90 Å². The van der Waals surface area contributed by atoms with Crippen molar-refractivity contribution in [2.24, 2.45) is 16.0 Å². The maximum atomic E-state index is 13.4. The minimum absolute atomic E-state index is 0.0213. The highest BCUT2D eigenvalue weighted by Crippen LogP contribution is 2.36. The van der Waals surface area contributed by atoms with Gasteiger partial charge in [0.1, 0.15) is 5.92 Å². The summed E-state index contributed by atoms with van der Waals surface area (Å²) >= 11 is 1.04. The molecule has 3 rings (SSSR count). The number of thiazole rings is 1. The van der Waals surface area contributed by atoms with Gasteiger partial charge in [0.05, 0.1) is 10.2 Å². The summed E-state index contributed by atoms with van der Waals surface area (Å²) in [6.07, 6.45) is -5.31. The summed E-state index contributed by atoms with van der Waals surface area (Å²) in [5.41, 5.74) is -0.931. The molecule has 1 aromatic carbocycles. The lowest BCUT2D eigenvalue weighted by Gasteiger charge is -2.14. The highest BCUT2D eigenvalue weighted by atomic mass is 32.1. The van der Waals surface area contributed by atoms with Gasteiger partial charge in [-0.25, -0.2) is 4.98 Å². The van der Waals surface area contributed by atoms with Crippen molar-refractivity contribution in [3.8, 4) is 0 Å². The molecule has 1 atom stereocenters. The molecule has 2 aromatic rings. The zero-order valence-electron chi connectivity index (χ0n) is 13.9. The topological polar surface area (TPSA) is 98.0 Å². The number of hydrogen-bond donors (Lipinski definition) is 0. The molecule has 0 fully saturated rings. The number of nitrogens with zero attached hydrogens (tertiary/aromatic N) is 4. The van der Waals surface area contributed by atoms with E-state index in [1.807, 2.05) is 0 Å². The van der Waals surface area contributed by atoms with Crippen molar-refractivity contribution < 1.29 is 27.9 Å². The van der Waals surface area contributed by atoms with Gasteiger partial charge in [-0.15, -0.1) is 0 Å². The van der Waals surface area contributed by atoms with Crippen molar-refractivity contribution in [2.75, 3.05) is 11.6 Å². The van der Waals surface area contributed by atoms with Crippen LogP contribution in [0.4, 0.5) is 18.3 Å². The van der Waals surface area contributed by atoms with Crippen LogP contribution in [0.2, 0.25) is 0 Å². The number of alkyl halides is 3. The largest absolute Gasteiger partial charge is 0.550 e. The van der Waals surface area contributed by atoms with E-state index in [2.05, 4.69) is 15.1 Å². The number of hydrazone groups is 1. The molecule has 0 bridgehead atoms. The lowest BCUT2D eigenvalue weighted by atomic mass is 9.98. The van der Waals surface area contributed by atoms with Gasteiger partial charge in [0.2, 0.25) is 5.13 Å². The van der Waals surface area contributed by atoms with Gasteiger partial charge in [-0.1, -0.05) is 23.5 Å².